The Morgan fingerprint density at radius 2 is 2.19 bits per heavy atom. The van der Waals surface area contributed by atoms with Gasteiger partial charge in [-0.15, -0.1) is 11.3 Å². The maximum Gasteiger partial charge on any atom is 0.187 e. The lowest BCUT2D eigenvalue weighted by atomic mass is 10.4. The number of rotatable bonds is 5. The van der Waals surface area contributed by atoms with Crippen molar-refractivity contribution < 1.29 is 8.42 Å². The molecule has 0 bridgehead atoms. The summed E-state index contributed by atoms with van der Waals surface area (Å²) in [5.41, 5.74) is 8.58. The second-order valence-electron chi connectivity index (χ2n) is 5.16. The highest BCUT2D eigenvalue weighted by Gasteiger charge is 2.41. The second-order valence-corrected chi connectivity index (χ2v) is 9.02. The van der Waals surface area contributed by atoms with Crippen molar-refractivity contribution in [3.63, 3.8) is 0 Å². The molecular weight excluding hydrogens is 328 g/mol. The fourth-order valence-corrected chi connectivity index (χ4v) is 5.95. The summed E-state index contributed by atoms with van der Waals surface area (Å²) in [7, 11) is -1.49. The molecule has 2 aromatic heterocycles. The number of aryl methyl sites for hydroxylation is 1. The Balaban J connectivity index is 1.94. The van der Waals surface area contributed by atoms with Crippen LogP contribution in [-0.4, -0.2) is 30.1 Å². The Morgan fingerprint density at radius 1 is 1.48 bits per heavy atom. The SMILES string of the molecule is Cc1ncsc1CN(C)c1snc(N)c1S(=O)(=O)C1CC1. The van der Waals surface area contributed by atoms with Crippen LogP contribution in [0.4, 0.5) is 10.8 Å². The van der Waals surface area contributed by atoms with Crippen LogP contribution in [0.5, 0.6) is 0 Å². The largest absolute Gasteiger partial charge is 0.382 e. The molecule has 21 heavy (non-hydrogen) atoms. The quantitative estimate of drug-likeness (QED) is 0.893. The van der Waals surface area contributed by atoms with Gasteiger partial charge in [-0.2, -0.15) is 4.37 Å². The highest BCUT2D eigenvalue weighted by molar-refractivity contribution is 7.92. The molecule has 1 saturated carbocycles. The zero-order chi connectivity index (χ0) is 15.2. The molecule has 0 radical (unpaired) electrons. The first-order valence-corrected chi connectivity index (χ1v) is 9.70. The van der Waals surface area contributed by atoms with E-state index in [2.05, 4.69) is 9.36 Å². The molecule has 9 heteroatoms. The number of thiazole rings is 1. The zero-order valence-electron chi connectivity index (χ0n) is 11.7. The number of aromatic nitrogens is 2. The molecular formula is C12H16N4O2S3. The molecule has 0 unspecified atom stereocenters. The van der Waals surface area contributed by atoms with Crippen molar-refractivity contribution in [1.29, 1.82) is 0 Å². The maximum atomic E-state index is 12.5. The summed E-state index contributed by atoms with van der Waals surface area (Å²) < 4.78 is 29.1. The minimum absolute atomic E-state index is 0.120. The minimum Gasteiger partial charge on any atom is -0.382 e. The average Bonchev–Trinajstić information content (AvgIpc) is 3.11. The molecule has 114 valence electrons. The van der Waals surface area contributed by atoms with Crippen LogP contribution in [0.15, 0.2) is 10.4 Å². The van der Waals surface area contributed by atoms with Crippen LogP contribution < -0.4 is 10.6 Å². The van der Waals surface area contributed by atoms with Crippen molar-refractivity contribution in [2.45, 2.75) is 36.5 Å². The first kappa shape index (κ1) is 14.7. The Morgan fingerprint density at radius 3 is 2.76 bits per heavy atom. The van der Waals surface area contributed by atoms with Gasteiger partial charge in [0.2, 0.25) is 0 Å². The van der Waals surface area contributed by atoms with Gasteiger partial charge in [0.1, 0.15) is 9.90 Å². The molecule has 0 saturated heterocycles. The summed E-state index contributed by atoms with van der Waals surface area (Å²) in [6.07, 6.45) is 1.43. The first-order chi connectivity index (χ1) is 9.91. The van der Waals surface area contributed by atoms with Gasteiger partial charge in [-0.1, -0.05) is 0 Å². The Bertz CT molecular complexity index is 761. The summed E-state index contributed by atoms with van der Waals surface area (Å²) in [5.74, 6) is 0.120. The highest BCUT2D eigenvalue weighted by atomic mass is 32.2. The molecule has 2 aromatic rings. The van der Waals surface area contributed by atoms with Crippen molar-refractivity contribution in [2.24, 2.45) is 0 Å². The minimum atomic E-state index is -3.35. The molecule has 0 aromatic carbocycles. The lowest BCUT2D eigenvalue weighted by molar-refractivity contribution is 0.595. The highest BCUT2D eigenvalue weighted by Crippen LogP contribution is 2.42. The third-order valence-electron chi connectivity index (χ3n) is 3.48. The van der Waals surface area contributed by atoms with E-state index in [1.165, 1.54) is 0 Å². The van der Waals surface area contributed by atoms with E-state index in [0.717, 1.165) is 22.1 Å². The van der Waals surface area contributed by atoms with Gasteiger partial charge >= 0.3 is 0 Å². The summed E-state index contributed by atoms with van der Waals surface area (Å²) in [5, 5.41) is 0.334. The fraction of sp³-hybridized carbons (Fsp3) is 0.500. The van der Waals surface area contributed by atoms with Gasteiger partial charge in [-0.05, 0) is 31.3 Å². The van der Waals surface area contributed by atoms with E-state index in [-0.39, 0.29) is 16.0 Å². The van der Waals surface area contributed by atoms with E-state index in [1.807, 2.05) is 18.9 Å². The molecule has 3 rings (SSSR count). The number of sulfone groups is 1. The Hall–Kier alpha value is -1.19. The number of hydrogen-bond donors (Lipinski definition) is 1. The van der Waals surface area contributed by atoms with Gasteiger partial charge < -0.3 is 10.6 Å². The van der Waals surface area contributed by atoms with Gasteiger partial charge in [0.05, 0.1) is 23.0 Å². The van der Waals surface area contributed by atoms with Crippen LogP contribution in [0.2, 0.25) is 0 Å². The van der Waals surface area contributed by atoms with E-state index in [4.69, 9.17) is 5.73 Å². The summed E-state index contributed by atoms with van der Waals surface area (Å²) >= 11 is 2.70. The molecule has 2 heterocycles. The molecule has 0 aliphatic heterocycles. The predicted molar refractivity (Wildman–Crippen MR) is 85.7 cm³/mol. The number of hydrogen-bond acceptors (Lipinski definition) is 8. The van der Waals surface area contributed by atoms with E-state index in [1.54, 1.807) is 16.8 Å². The van der Waals surface area contributed by atoms with Crippen LogP contribution >= 0.6 is 22.9 Å². The fourth-order valence-electron chi connectivity index (χ4n) is 2.11. The van der Waals surface area contributed by atoms with Gasteiger partial charge in [0, 0.05) is 11.9 Å². The van der Waals surface area contributed by atoms with Crippen LogP contribution in [0, 0.1) is 6.92 Å². The molecule has 0 atom stereocenters. The summed E-state index contributed by atoms with van der Waals surface area (Å²) in [4.78, 5) is 7.43. The van der Waals surface area contributed by atoms with E-state index in [0.29, 0.717) is 24.4 Å². The van der Waals surface area contributed by atoms with Crippen molar-refractivity contribution in [3.8, 4) is 0 Å². The molecule has 1 fully saturated rings. The number of nitrogens with two attached hydrogens (primary N) is 1. The zero-order valence-corrected chi connectivity index (χ0v) is 14.2. The third-order valence-corrected chi connectivity index (χ3v) is 7.82. The number of anilines is 2. The molecule has 0 spiro atoms. The normalized spacial score (nSPS) is 15.3. The molecule has 0 amide bonds. The Labute approximate surface area is 131 Å². The average molecular weight is 344 g/mol. The topological polar surface area (TPSA) is 89.2 Å². The molecule has 6 nitrogen and oxygen atoms in total. The Kier molecular flexibility index (Phi) is 3.66. The lowest BCUT2D eigenvalue weighted by Crippen LogP contribution is -2.19. The van der Waals surface area contributed by atoms with Crippen molar-refractivity contribution in [1.82, 2.24) is 9.36 Å². The molecule has 1 aliphatic rings. The van der Waals surface area contributed by atoms with Gasteiger partial charge in [0.25, 0.3) is 0 Å². The summed E-state index contributed by atoms with van der Waals surface area (Å²) in [6, 6.07) is 0. The number of nitrogens with zero attached hydrogens (tertiary/aromatic N) is 3. The first-order valence-electron chi connectivity index (χ1n) is 6.50. The van der Waals surface area contributed by atoms with Gasteiger partial charge in [-0.3, -0.25) is 0 Å². The van der Waals surface area contributed by atoms with Crippen LogP contribution in [0.1, 0.15) is 23.4 Å². The van der Waals surface area contributed by atoms with E-state index in [9.17, 15) is 8.42 Å². The monoisotopic (exact) mass is 344 g/mol. The predicted octanol–water partition coefficient (Wildman–Crippen LogP) is 2.06. The van der Waals surface area contributed by atoms with E-state index >= 15 is 0 Å². The van der Waals surface area contributed by atoms with Crippen molar-refractivity contribution >= 4 is 43.5 Å². The van der Waals surface area contributed by atoms with Crippen LogP contribution in [0.3, 0.4) is 0 Å². The van der Waals surface area contributed by atoms with Crippen molar-refractivity contribution in [2.75, 3.05) is 17.7 Å². The maximum absolute atomic E-state index is 12.5. The molecule has 1 aliphatic carbocycles. The second kappa shape index (κ2) is 5.22. The smallest absolute Gasteiger partial charge is 0.187 e. The van der Waals surface area contributed by atoms with Gasteiger partial charge in [-0.25, -0.2) is 13.4 Å². The lowest BCUT2D eigenvalue weighted by Gasteiger charge is -2.18. The van der Waals surface area contributed by atoms with E-state index < -0.39 is 9.84 Å². The number of nitrogen functional groups attached to an aromatic ring is 1. The standard InChI is InChI=1S/C12H16N4O2S3/c1-7-9(19-6-14-7)5-16(2)12-10(11(13)15-20-12)21(17,18)8-3-4-8/h6,8H,3-5H2,1-2H3,(H2,13,15). The molecule has 2 N–H and O–H groups in total. The summed E-state index contributed by atoms with van der Waals surface area (Å²) in [6.45, 7) is 2.55. The van der Waals surface area contributed by atoms with Crippen LogP contribution in [-0.2, 0) is 16.4 Å². The van der Waals surface area contributed by atoms with Crippen molar-refractivity contribution in [3.05, 3.63) is 16.1 Å². The third kappa shape index (κ3) is 2.65. The van der Waals surface area contributed by atoms with Crippen LogP contribution in [0.25, 0.3) is 0 Å². The van der Waals surface area contributed by atoms with Gasteiger partial charge in [0.15, 0.2) is 15.7 Å².